The van der Waals surface area contributed by atoms with Gasteiger partial charge in [-0.1, -0.05) is 6.92 Å². The van der Waals surface area contributed by atoms with E-state index < -0.39 is 15.1 Å². The van der Waals surface area contributed by atoms with Crippen LogP contribution < -0.4 is 0 Å². The van der Waals surface area contributed by atoms with Crippen molar-refractivity contribution in [3.63, 3.8) is 0 Å². The van der Waals surface area contributed by atoms with E-state index in [4.69, 9.17) is 0 Å². The van der Waals surface area contributed by atoms with E-state index >= 15 is 0 Å². The summed E-state index contributed by atoms with van der Waals surface area (Å²) in [6.45, 7) is 3.23. The molecule has 0 aliphatic carbocycles. The van der Waals surface area contributed by atoms with E-state index in [-0.39, 0.29) is 5.91 Å². The second-order valence-electron chi connectivity index (χ2n) is 3.43. The van der Waals surface area contributed by atoms with Gasteiger partial charge in [-0.05, 0) is 12.8 Å². The van der Waals surface area contributed by atoms with Gasteiger partial charge in [0.1, 0.15) is 5.25 Å². The zero-order chi connectivity index (χ0) is 10.1. The fourth-order valence-corrected chi connectivity index (χ4v) is 2.65. The Balaban J connectivity index is 2.72. The van der Waals surface area contributed by atoms with Gasteiger partial charge in [-0.15, -0.1) is 0 Å². The number of rotatable bonds is 3. The molecule has 0 aromatic carbocycles. The van der Waals surface area contributed by atoms with E-state index in [0.29, 0.717) is 19.5 Å². The van der Waals surface area contributed by atoms with Gasteiger partial charge in [-0.2, -0.15) is 0 Å². The Kier molecular flexibility index (Phi) is 2.95. The van der Waals surface area contributed by atoms with Crippen LogP contribution in [-0.2, 0) is 14.6 Å². The van der Waals surface area contributed by atoms with Crippen molar-refractivity contribution in [1.82, 2.24) is 4.90 Å². The van der Waals surface area contributed by atoms with Crippen LogP contribution in [0.3, 0.4) is 0 Å². The lowest BCUT2D eigenvalue weighted by Crippen LogP contribution is -2.33. The Hall–Kier alpha value is -0.580. The number of carbonyl (C=O) groups excluding carboxylic acids is 1. The first-order valence-corrected chi connectivity index (χ1v) is 6.40. The molecule has 1 atom stereocenters. The average Bonchev–Trinajstić information content (AvgIpc) is 2.32. The van der Waals surface area contributed by atoms with Crippen LogP contribution in [0.15, 0.2) is 0 Å². The minimum atomic E-state index is -3.19. The molecule has 5 heteroatoms. The van der Waals surface area contributed by atoms with Gasteiger partial charge in [0.05, 0.1) is 0 Å². The first-order valence-electron chi connectivity index (χ1n) is 4.44. The van der Waals surface area contributed by atoms with Gasteiger partial charge in [0.15, 0.2) is 9.84 Å². The molecule has 0 saturated carbocycles. The number of nitrogens with zero attached hydrogens (tertiary/aromatic N) is 1. The number of hydrogen-bond acceptors (Lipinski definition) is 3. The van der Waals surface area contributed by atoms with Crippen LogP contribution in [0, 0.1) is 0 Å². The third-order valence-electron chi connectivity index (χ3n) is 2.26. The summed E-state index contributed by atoms with van der Waals surface area (Å²) >= 11 is 0. The smallest absolute Gasteiger partial charge is 0.240 e. The molecule has 0 spiro atoms. The molecule has 0 aromatic heterocycles. The summed E-state index contributed by atoms with van der Waals surface area (Å²) in [6, 6.07) is 0. The normalized spacial score (nSPS) is 24.0. The van der Waals surface area contributed by atoms with Crippen LogP contribution in [0.4, 0.5) is 0 Å². The highest BCUT2D eigenvalue weighted by molar-refractivity contribution is 7.92. The van der Waals surface area contributed by atoms with E-state index in [2.05, 4.69) is 0 Å². The molecule has 0 radical (unpaired) electrons. The molecule has 0 aromatic rings. The predicted octanol–water partition coefficient (Wildman–Crippen LogP) is 0.0419. The van der Waals surface area contributed by atoms with Crippen molar-refractivity contribution in [3.8, 4) is 0 Å². The molecule has 1 fully saturated rings. The van der Waals surface area contributed by atoms with Crippen molar-refractivity contribution in [2.24, 2.45) is 0 Å². The van der Waals surface area contributed by atoms with Crippen molar-refractivity contribution < 1.29 is 13.2 Å². The standard InChI is InChI=1S/C8H15NO3S/c1-3-5-9-6-4-7(8(9)10)13(2,11)12/h7H,3-6H2,1-2H3. The number of sulfone groups is 1. The van der Waals surface area contributed by atoms with Crippen LogP contribution >= 0.6 is 0 Å². The zero-order valence-electron chi connectivity index (χ0n) is 7.99. The van der Waals surface area contributed by atoms with Crippen molar-refractivity contribution in [2.45, 2.75) is 25.0 Å². The number of amides is 1. The fraction of sp³-hybridized carbons (Fsp3) is 0.875. The van der Waals surface area contributed by atoms with Crippen molar-refractivity contribution in [2.75, 3.05) is 19.3 Å². The van der Waals surface area contributed by atoms with Crippen LogP contribution in [0.5, 0.6) is 0 Å². The predicted molar refractivity (Wildman–Crippen MR) is 50.1 cm³/mol. The zero-order valence-corrected chi connectivity index (χ0v) is 8.80. The van der Waals surface area contributed by atoms with Crippen LogP contribution in [0.2, 0.25) is 0 Å². The molecule has 1 heterocycles. The Morgan fingerprint density at radius 3 is 2.54 bits per heavy atom. The lowest BCUT2D eigenvalue weighted by atomic mass is 10.4. The first kappa shape index (κ1) is 10.5. The summed E-state index contributed by atoms with van der Waals surface area (Å²) in [6.07, 6.45) is 2.46. The molecule has 1 amide bonds. The lowest BCUT2D eigenvalue weighted by Gasteiger charge is -2.14. The Morgan fingerprint density at radius 2 is 2.15 bits per heavy atom. The van der Waals surface area contributed by atoms with Crippen molar-refractivity contribution >= 4 is 15.7 Å². The molecule has 1 aliphatic rings. The monoisotopic (exact) mass is 205 g/mol. The van der Waals surface area contributed by atoms with Crippen LogP contribution in [0.25, 0.3) is 0 Å². The van der Waals surface area contributed by atoms with Gasteiger partial charge in [-0.3, -0.25) is 4.79 Å². The van der Waals surface area contributed by atoms with E-state index in [1.807, 2.05) is 6.92 Å². The van der Waals surface area contributed by atoms with E-state index in [1.54, 1.807) is 4.90 Å². The third-order valence-corrected chi connectivity index (χ3v) is 3.73. The van der Waals surface area contributed by atoms with Crippen molar-refractivity contribution in [1.29, 1.82) is 0 Å². The average molecular weight is 205 g/mol. The maximum atomic E-state index is 11.5. The van der Waals surface area contributed by atoms with Gasteiger partial charge < -0.3 is 4.90 Å². The Bertz CT molecular complexity index is 297. The van der Waals surface area contributed by atoms with E-state index in [9.17, 15) is 13.2 Å². The summed E-state index contributed by atoms with van der Waals surface area (Å²) in [4.78, 5) is 13.1. The summed E-state index contributed by atoms with van der Waals surface area (Å²) in [5, 5.41) is -0.779. The first-order chi connectivity index (χ1) is 5.96. The number of hydrogen-bond donors (Lipinski definition) is 0. The molecule has 13 heavy (non-hydrogen) atoms. The maximum Gasteiger partial charge on any atom is 0.240 e. The molecule has 76 valence electrons. The molecular weight excluding hydrogens is 190 g/mol. The lowest BCUT2D eigenvalue weighted by molar-refractivity contribution is -0.127. The fourth-order valence-electron chi connectivity index (χ4n) is 1.60. The highest BCUT2D eigenvalue weighted by Crippen LogP contribution is 2.17. The highest BCUT2D eigenvalue weighted by atomic mass is 32.2. The molecule has 1 saturated heterocycles. The Morgan fingerprint density at radius 1 is 1.54 bits per heavy atom. The van der Waals surface area contributed by atoms with Gasteiger partial charge in [0.2, 0.25) is 5.91 Å². The van der Waals surface area contributed by atoms with Gasteiger partial charge in [-0.25, -0.2) is 8.42 Å². The molecule has 4 nitrogen and oxygen atoms in total. The van der Waals surface area contributed by atoms with Crippen molar-refractivity contribution in [3.05, 3.63) is 0 Å². The molecular formula is C8H15NO3S. The van der Waals surface area contributed by atoms with E-state index in [1.165, 1.54) is 0 Å². The van der Waals surface area contributed by atoms with E-state index in [0.717, 1.165) is 12.7 Å². The minimum absolute atomic E-state index is 0.218. The summed E-state index contributed by atoms with van der Waals surface area (Å²) in [5.74, 6) is -0.218. The molecule has 0 N–H and O–H groups in total. The molecule has 1 rings (SSSR count). The largest absolute Gasteiger partial charge is 0.342 e. The highest BCUT2D eigenvalue weighted by Gasteiger charge is 2.37. The summed E-state index contributed by atoms with van der Waals surface area (Å²) < 4.78 is 22.3. The summed E-state index contributed by atoms with van der Waals surface area (Å²) in [7, 11) is -3.19. The number of carbonyl (C=O) groups is 1. The molecule has 1 aliphatic heterocycles. The van der Waals surface area contributed by atoms with Crippen LogP contribution in [0.1, 0.15) is 19.8 Å². The van der Waals surface area contributed by atoms with Gasteiger partial charge in [0.25, 0.3) is 0 Å². The quantitative estimate of drug-likeness (QED) is 0.654. The molecule has 1 unspecified atom stereocenters. The third kappa shape index (κ3) is 2.21. The SMILES string of the molecule is CCCN1CCC(S(C)(=O)=O)C1=O. The Labute approximate surface area is 78.8 Å². The van der Waals surface area contributed by atoms with Gasteiger partial charge >= 0.3 is 0 Å². The summed E-state index contributed by atoms with van der Waals surface area (Å²) in [5.41, 5.74) is 0. The van der Waals surface area contributed by atoms with Gasteiger partial charge in [0, 0.05) is 19.3 Å². The van der Waals surface area contributed by atoms with Crippen LogP contribution in [-0.4, -0.2) is 43.8 Å². The maximum absolute atomic E-state index is 11.5. The number of likely N-dealkylation sites (tertiary alicyclic amines) is 1. The molecule has 0 bridgehead atoms. The second kappa shape index (κ2) is 3.65. The topological polar surface area (TPSA) is 54.5 Å². The second-order valence-corrected chi connectivity index (χ2v) is 5.66. The minimum Gasteiger partial charge on any atom is -0.342 e.